The van der Waals surface area contributed by atoms with Crippen LogP contribution in [0.15, 0.2) is 84.9 Å². The lowest BCUT2D eigenvalue weighted by molar-refractivity contribution is 0.660. The Morgan fingerprint density at radius 2 is 1.43 bits per heavy atom. The summed E-state index contributed by atoms with van der Waals surface area (Å²) in [6.45, 7) is 4.62. The molecular formula is C28H20N2. The second-order valence-corrected chi connectivity index (χ2v) is 8.60. The normalized spacial score (nSPS) is 13.9. The van der Waals surface area contributed by atoms with Crippen molar-refractivity contribution < 1.29 is 0 Å². The average Bonchev–Trinajstić information content (AvgIpc) is 3.23. The summed E-state index contributed by atoms with van der Waals surface area (Å²) in [6.07, 6.45) is 0. The predicted octanol–water partition coefficient (Wildman–Crippen LogP) is 6.96. The van der Waals surface area contributed by atoms with Crippen LogP contribution in [0, 0.1) is 11.3 Å². The molecule has 5 aromatic rings. The third-order valence-electron chi connectivity index (χ3n) is 6.63. The van der Waals surface area contributed by atoms with Crippen LogP contribution in [0.1, 0.15) is 30.5 Å². The molecule has 1 aliphatic carbocycles. The van der Waals surface area contributed by atoms with Crippen LogP contribution in [0.5, 0.6) is 0 Å². The molecule has 0 atom stereocenters. The largest absolute Gasteiger partial charge is 0.309 e. The van der Waals surface area contributed by atoms with Crippen molar-refractivity contribution >= 4 is 21.8 Å². The maximum absolute atomic E-state index is 9.39. The number of hydrogen-bond donors (Lipinski definition) is 0. The molecule has 0 spiro atoms. The van der Waals surface area contributed by atoms with Crippen molar-refractivity contribution in [2.24, 2.45) is 0 Å². The lowest BCUT2D eigenvalue weighted by Crippen LogP contribution is -2.15. The Balaban J connectivity index is 1.67. The number of aromatic nitrogens is 1. The minimum absolute atomic E-state index is 0.0331. The molecule has 0 amide bonds. The van der Waals surface area contributed by atoms with Gasteiger partial charge in [0.05, 0.1) is 22.7 Å². The minimum Gasteiger partial charge on any atom is -0.309 e. The van der Waals surface area contributed by atoms with Crippen molar-refractivity contribution in [3.63, 3.8) is 0 Å². The molecule has 0 fully saturated rings. The Morgan fingerprint density at radius 3 is 2.30 bits per heavy atom. The number of nitrogens with zero attached hydrogens (tertiary/aromatic N) is 2. The molecular weight excluding hydrogens is 364 g/mol. The van der Waals surface area contributed by atoms with Gasteiger partial charge in [-0.3, -0.25) is 0 Å². The predicted molar refractivity (Wildman–Crippen MR) is 123 cm³/mol. The standard InChI is InChI=1S/C28H20N2/c1-28(2)24-9-5-3-7-20(24)21-13-12-19(16-25(21)28)30-26-10-6-4-8-22(26)23-15-18(17-29)11-14-27(23)30/h3-16H,1-2H3. The van der Waals surface area contributed by atoms with Crippen LogP contribution >= 0.6 is 0 Å². The van der Waals surface area contributed by atoms with E-state index in [1.165, 1.54) is 27.6 Å². The Kier molecular flexibility index (Phi) is 3.32. The maximum atomic E-state index is 9.39. The SMILES string of the molecule is CC1(C)c2ccccc2-c2ccc(-n3c4ccccc4c4cc(C#N)ccc43)cc21. The fourth-order valence-corrected chi connectivity index (χ4v) is 5.15. The number of benzene rings is 4. The van der Waals surface area contributed by atoms with Gasteiger partial charge in [-0.25, -0.2) is 0 Å². The van der Waals surface area contributed by atoms with Crippen molar-refractivity contribution in [1.82, 2.24) is 4.57 Å². The van der Waals surface area contributed by atoms with E-state index in [1.807, 2.05) is 12.1 Å². The molecule has 2 heteroatoms. The highest BCUT2D eigenvalue weighted by molar-refractivity contribution is 6.09. The monoisotopic (exact) mass is 384 g/mol. The van der Waals surface area contributed by atoms with Gasteiger partial charge < -0.3 is 4.57 Å². The first kappa shape index (κ1) is 17.1. The maximum Gasteiger partial charge on any atom is 0.0991 e. The molecule has 0 N–H and O–H groups in total. The lowest BCUT2D eigenvalue weighted by atomic mass is 9.82. The number of para-hydroxylation sites is 1. The molecule has 0 aliphatic heterocycles. The van der Waals surface area contributed by atoms with Gasteiger partial charge >= 0.3 is 0 Å². The summed E-state index contributed by atoms with van der Waals surface area (Å²) < 4.78 is 2.32. The highest BCUT2D eigenvalue weighted by Gasteiger charge is 2.35. The third kappa shape index (κ3) is 2.12. The number of nitriles is 1. The Labute approximate surface area is 175 Å². The molecule has 0 radical (unpaired) electrons. The third-order valence-corrected chi connectivity index (χ3v) is 6.63. The van der Waals surface area contributed by atoms with Crippen LogP contribution in [0.2, 0.25) is 0 Å². The Morgan fingerprint density at radius 1 is 0.700 bits per heavy atom. The van der Waals surface area contributed by atoms with Gasteiger partial charge in [-0.15, -0.1) is 0 Å². The van der Waals surface area contributed by atoms with E-state index in [-0.39, 0.29) is 5.41 Å². The van der Waals surface area contributed by atoms with E-state index in [1.54, 1.807) is 0 Å². The van der Waals surface area contributed by atoms with Gasteiger partial charge in [0, 0.05) is 21.9 Å². The summed E-state index contributed by atoms with van der Waals surface area (Å²) in [5, 5.41) is 11.7. The van der Waals surface area contributed by atoms with Crippen LogP contribution in [0.25, 0.3) is 38.6 Å². The van der Waals surface area contributed by atoms with E-state index >= 15 is 0 Å². The molecule has 4 aromatic carbocycles. The van der Waals surface area contributed by atoms with Crippen molar-refractivity contribution in [3.05, 3.63) is 102 Å². The van der Waals surface area contributed by atoms with Gasteiger partial charge in [0.2, 0.25) is 0 Å². The first-order valence-corrected chi connectivity index (χ1v) is 10.3. The number of rotatable bonds is 1. The van der Waals surface area contributed by atoms with E-state index in [0.29, 0.717) is 5.56 Å². The molecule has 0 saturated heterocycles. The van der Waals surface area contributed by atoms with Crippen molar-refractivity contribution in [2.75, 3.05) is 0 Å². The molecule has 30 heavy (non-hydrogen) atoms. The highest BCUT2D eigenvalue weighted by atomic mass is 15.0. The summed E-state index contributed by atoms with van der Waals surface area (Å²) >= 11 is 0. The van der Waals surface area contributed by atoms with Gasteiger partial charge in [-0.1, -0.05) is 62.4 Å². The van der Waals surface area contributed by atoms with E-state index in [2.05, 4.69) is 97.3 Å². The minimum atomic E-state index is -0.0331. The van der Waals surface area contributed by atoms with Gasteiger partial charge in [0.1, 0.15) is 0 Å². The molecule has 1 aromatic heterocycles. The average molecular weight is 384 g/mol. The van der Waals surface area contributed by atoms with Crippen LogP contribution in [-0.4, -0.2) is 4.57 Å². The fourth-order valence-electron chi connectivity index (χ4n) is 5.15. The van der Waals surface area contributed by atoms with Gasteiger partial charge in [0.25, 0.3) is 0 Å². The second-order valence-electron chi connectivity index (χ2n) is 8.60. The molecule has 0 bridgehead atoms. The molecule has 2 nitrogen and oxygen atoms in total. The molecule has 142 valence electrons. The van der Waals surface area contributed by atoms with E-state index < -0.39 is 0 Å². The molecule has 1 heterocycles. The molecule has 1 aliphatic rings. The summed E-state index contributed by atoms with van der Waals surface area (Å²) in [6, 6.07) is 32.3. The van der Waals surface area contributed by atoms with Gasteiger partial charge in [-0.2, -0.15) is 5.26 Å². The summed E-state index contributed by atoms with van der Waals surface area (Å²) in [5.41, 5.74) is 9.52. The van der Waals surface area contributed by atoms with Gasteiger partial charge in [-0.05, 0) is 58.7 Å². The van der Waals surface area contributed by atoms with Crippen molar-refractivity contribution in [3.8, 4) is 22.9 Å². The quantitative estimate of drug-likeness (QED) is 0.307. The topological polar surface area (TPSA) is 28.7 Å². The Bertz CT molecular complexity index is 1530. The molecule has 6 rings (SSSR count). The summed E-state index contributed by atoms with van der Waals surface area (Å²) in [5.74, 6) is 0. The van der Waals surface area contributed by atoms with Crippen LogP contribution < -0.4 is 0 Å². The highest BCUT2D eigenvalue weighted by Crippen LogP contribution is 2.49. The van der Waals surface area contributed by atoms with Crippen LogP contribution in [-0.2, 0) is 5.41 Å². The van der Waals surface area contributed by atoms with E-state index in [4.69, 9.17) is 0 Å². The fraction of sp³-hybridized carbons (Fsp3) is 0.107. The summed E-state index contributed by atoms with van der Waals surface area (Å²) in [7, 11) is 0. The van der Waals surface area contributed by atoms with Crippen LogP contribution in [0.3, 0.4) is 0 Å². The lowest BCUT2D eigenvalue weighted by Gasteiger charge is -2.22. The second kappa shape index (κ2) is 5.84. The van der Waals surface area contributed by atoms with Crippen molar-refractivity contribution in [2.45, 2.75) is 19.3 Å². The zero-order valence-electron chi connectivity index (χ0n) is 17.0. The number of fused-ring (bicyclic) bond motifs is 6. The van der Waals surface area contributed by atoms with E-state index in [9.17, 15) is 5.26 Å². The molecule has 0 saturated carbocycles. The zero-order chi connectivity index (χ0) is 20.5. The number of hydrogen-bond acceptors (Lipinski definition) is 1. The Hall–Kier alpha value is -3.83. The van der Waals surface area contributed by atoms with Gasteiger partial charge in [0.15, 0.2) is 0 Å². The molecule has 0 unspecified atom stereocenters. The van der Waals surface area contributed by atoms with Crippen molar-refractivity contribution in [1.29, 1.82) is 5.26 Å². The first-order chi connectivity index (χ1) is 14.6. The first-order valence-electron chi connectivity index (χ1n) is 10.3. The summed E-state index contributed by atoms with van der Waals surface area (Å²) in [4.78, 5) is 0. The van der Waals surface area contributed by atoms with Crippen LogP contribution in [0.4, 0.5) is 0 Å². The smallest absolute Gasteiger partial charge is 0.0991 e. The zero-order valence-corrected chi connectivity index (χ0v) is 17.0. The van der Waals surface area contributed by atoms with E-state index in [0.717, 1.165) is 22.1 Å².